The van der Waals surface area contributed by atoms with Crippen molar-refractivity contribution in [1.29, 1.82) is 0 Å². The zero-order valence-electron chi connectivity index (χ0n) is 14.4. The zero-order valence-corrected chi connectivity index (χ0v) is 14.4. The summed E-state index contributed by atoms with van der Waals surface area (Å²) in [5.74, 6) is 0.211. The molecule has 0 aliphatic carbocycles. The number of hydrogen-bond donors (Lipinski definition) is 2. The first-order valence-electron chi connectivity index (χ1n) is 8.02. The summed E-state index contributed by atoms with van der Waals surface area (Å²) in [6.07, 6.45) is 1.73. The highest BCUT2D eigenvalue weighted by molar-refractivity contribution is 5.95. The second kappa shape index (κ2) is 8.60. The maximum Gasteiger partial charge on any atom is 0.320 e. The quantitative estimate of drug-likeness (QED) is 0.824. The second-order valence-corrected chi connectivity index (χ2v) is 5.99. The van der Waals surface area contributed by atoms with E-state index < -0.39 is 0 Å². The molecule has 1 aromatic heterocycles. The largest absolute Gasteiger partial charge is 0.376 e. The average Bonchev–Trinajstić information content (AvgIpc) is 2.54. The van der Waals surface area contributed by atoms with Crippen LogP contribution in [-0.4, -0.2) is 79.7 Å². The van der Waals surface area contributed by atoms with E-state index in [1.54, 1.807) is 26.2 Å². The predicted molar refractivity (Wildman–Crippen MR) is 91.1 cm³/mol. The van der Waals surface area contributed by atoms with Crippen LogP contribution in [0.25, 0.3) is 0 Å². The van der Waals surface area contributed by atoms with Crippen LogP contribution in [0, 0.1) is 0 Å². The molecule has 1 aliphatic heterocycles. The van der Waals surface area contributed by atoms with Crippen molar-refractivity contribution in [1.82, 2.24) is 20.1 Å². The monoisotopic (exact) mass is 335 g/mol. The molecule has 0 saturated carbocycles. The van der Waals surface area contributed by atoms with Gasteiger partial charge in [0.15, 0.2) is 0 Å². The smallest absolute Gasteiger partial charge is 0.320 e. The number of ether oxygens (including phenoxy) is 1. The molecule has 0 radical (unpaired) electrons. The van der Waals surface area contributed by atoms with E-state index in [2.05, 4.69) is 20.5 Å². The Balaban J connectivity index is 1.78. The van der Waals surface area contributed by atoms with Gasteiger partial charge in [-0.3, -0.25) is 15.0 Å². The van der Waals surface area contributed by atoms with Gasteiger partial charge in [-0.2, -0.15) is 0 Å². The Hall–Kier alpha value is -2.19. The van der Waals surface area contributed by atoms with E-state index in [0.717, 1.165) is 26.2 Å². The molecule has 0 bridgehead atoms. The third kappa shape index (κ3) is 5.47. The second-order valence-electron chi connectivity index (χ2n) is 5.99. The molecule has 2 rings (SSSR count). The molecule has 1 atom stereocenters. The van der Waals surface area contributed by atoms with Crippen LogP contribution in [0.1, 0.15) is 17.3 Å². The summed E-state index contributed by atoms with van der Waals surface area (Å²) in [5, 5.41) is 5.44. The number of carbonyl (C=O) groups excluding carboxylic acids is 2. The molecule has 24 heavy (non-hydrogen) atoms. The van der Waals surface area contributed by atoms with Crippen molar-refractivity contribution in [2.24, 2.45) is 0 Å². The number of rotatable bonds is 5. The Morgan fingerprint density at radius 3 is 2.96 bits per heavy atom. The normalized spacial score (nSPS) is 18.0. The van der Waals surface area contributed by atoms with Gasteiger partial charge in [0.1, 0.15) is 5.82 Å². The summed E-state index contributed by atoms with van der Waals surface area (Å²) < 4.78 is 5.48. The lowest BCUT2D eigenvalue weighted by atomic mass is 10.2. The molecular weight excluding hydrogens is 310 g/mol. The zero-order chi connectivity index (χ0) is 17.5. The Bertz CT molecular complexity index is 579. The Morgan fingerprint density at radius 2 is 2.25 bits per heavy atom. The van der Waals surface area contributed by atoms with Crippen molar-refractivity contribution in [3.05, 3.63) is 23.9 Å². The van der Waals surface area contributed by atoms with Crippen LogP contribution in [0.4, 0.5) is 10.6 Å². The third-order valence-electron chi connectivity index (χ3n) is 3.69. The van der Waals surface area contributed by atoms with Crippen LogP contribution in [0.3, 0.4) is 0 Å². The number of hydrogen-bond acceptors (Lipinski definition) is 5. The van der Waals surface area contributed by atoms with Crippen LogP contribution in [-0.2, 0) is 4.74 Å². The van der Waals surface area contributed by atoms with E-state index in [9.17, 15) is 9.59 Å². The minimum Gasteiger partial charge on any atom is -0.376 e. The first kappa shape index (κ1) is 18.2. The van der Waals surface area contributed by atoms with Gasteiger partial charge in [-0.05, 0) is 19.1 Å². The van der Waals surface area contributed by atoms with Crippen LogP contribution in [0.15, 0.2) is 18.3 Å². The number of morpholine rings is 1. The SMILES string of the molecule is CC1CN(CCNC(=O)Nc2cc(C(=O)N(C)C)ccn2)CCO1. The number of aromatic nitrogens is 1. The lowest BCUT2D eigenvalue weighted by Crippen LogP contribution is -2.45. The molecule has 1 aliphatic rings. The first-order chi connectivity index (χ1) is 11.5. The van der Waals surface area contributed by atoms with E-state index in [-0.39, 0.29) is 18.0 Å². The summed E-state index contributed by atoms with van der Waals surface area (Å²) in [6, 6.07) is 2.84. The van der Waals surface area contributed by atoms with Crippen LogP contribution < -0.4 is 10.6 Å². The summed E-state index contributed by atoms with van der Waals surface area (Å²) in [6.45, 7) is 5.83. The van der Waals surface area contributed by atoms with Gasteiger partial charge in [0.25, 0.3) is 5.91 Å². The summed E-state index contributed by atoms with van der Waals surface area (Å²) in [7, 11) is 3.35. The standard InChI is InChI=1S/C16H25N5O3/c1-12-11-21(8-9-24-12)7-6-18-16(23)19-14-10-13(4-5-17-14)15(22)20(2)3/h4-5,10,12H,6-9,11H2,1-3H3,(H2,17,18,19,23). The fourth-order valence-corrected chi connectivity index (χ4v) is 2.47. The minimum atomic E-state index is -0.335. The highest BCUT2D eigenvalue weighted by Crippen LogP contribution is 2.08. The Kier molecular flexibility index (Phi) is 6.51. The number of nitrogens with one attached hydrogen (secondary N) is 2. The minimum absolute atomic E-state index is 0.137. The van der Waals surface area contributed by atoms with Crippen molar-refractivity contribution in [2.45, 2.75) is 13.0 Å². The Labute approximate surface area is 142 Å². The highest BCUT2D eigenvalue weighted by Gasteiger charge is 2.16. The fraction of sp³-hybridized carbons (Fsp3) is 0.562. The average molecular weight is 335 g/mol. The van der Waals surface area contributed by atoms with Crippen molar-refractivity contribution < 1.29 is 14.3 Å². The van der Waals surface area contributed by atoms with Gasteiger partial charge in [-0.1, -0.05) is 0 Å². The molecule has 8 heteroatoms. The van der Waals surface area contributed by atoms with Gasteiger partial charge in [0.05, 0.1) is 12.7 Å². The van der Waals surface area contributed by atoms with Gasteiger partial charge in [0.2, 0.25) is 0 Å². The third-order valence-corrected chi connectivity index (χ3v) is 3.69. The molecule has 0 spiro atoms. The number of anilines is 1. The molecule has 3 amide bonds. The van der Waals surface area contributed by atoms with E-state index in [1.807, 2.05) is 6.92 Å². The van der Waals surface area contributed by atoms with Gasteiger partial charge in [-0.15, -0.1) is 0 Å². The number of nitrogens with zero attached hydrogens (tertiary/aromatic N) is 3. The number of urea groups is 1. The van der Waals surface area contributed by atoms with E-state index in [4.69, 9.17) is 4.74 Å². The van der Waals surface area contributed by atoms with Gasteiger partial charge in [0, 0.05) is 52.0 Å². The van der Waals surface area contributed by atoms with Crippen molar-refractivity contribution in [3.8, 4) is 0 Å². The summed E-state index contributed by atoms with van der Waals surface area (Å²) in [4.78, 5) is 31.6. The maximum absolute atomic E-state index is 11.9. The van der Waals surface area contributed by atoms with Gasteiger partial charge in [-0.25, -0.2) is 9.78 Å². The number of amides is 3. The first-order valence-corrected chi connectivity index (χ1v) is 8.02. The molecule has 1 unspecified atom stereocenters. The van der Waals surface area contributed by atoms with Crippen LogP contribution in [0.2, 0.25) is 0 Å². The van der Waals surface area contributed by atoms with E-state index in [0.29, 0.717) is 17.9 Å². The topological polar surface area (TPSA) is 86.8 Å². The summed E-state index contributed by atoms with van der Waals surface area (Å²) in [5.41, 5.74) is 0.479. The van der Waals surface area contributed by atoms with Crippen LogP contribution >= 0.6 is 0 Å². The fourth-order valence-electron chi connectivity index (χ4n) is 2.47. The molecule has 8 nitrogen and oxygen atoms in total. The Morgan fingerprint density at radius 1 is 1.46 bits per heavy atom. The molecule has 2 heterocycles. The maximum atomic E-state index is 11.9. The molecular formula is C16H25N5O3. The number of pyridine rings is 1. The molecule has 132 valence electrons. The molecule has 2 N–H and O–H groups in total. The van der Waals surface area contributed by atoms with Gasteiger partial charge < -0.3 is 15.0 Å². The molecule has 1 saturated heterocycles. The van der Waals surface area contributed by atoms with E-state index in [1.165, 1.54) is 11.1 Å². The molecule has 0 aromatic carbocycles. The van der Waals surface area contributed by atoms with Gasteiger partial charge >= 0.3 is 6.03 Å². The van der Waals surface area contributed by atoms with Crippen molar-refractivity contribution >= 4 is 17.8 Å². The van der Waals surface area contributed by atoms with Crippen LogP contribution in [0.5, 0.6) is 0 Å². The van der Waals surface area contributed by atoms with E-state index >= 15 is 0 Å². The predicted octanol–water partition coefficient (Wildman–Crippen LogP) is 0.626. The van der Waals surface area contributed by atoms with Crippen molar-refractivity contribution in [2.75, 3.05) is 52.2 Å². The van der Waals surface area contributed by atoms with Crippen molar-refractivity contribution in [3.63, 3.8) is 0 Å². The number of carbonyl (C=O) groups is 2. The summed E-state index contributed by atoms with van der Waals surface area (Å²) >= 11 is 0. The lowest BCUT2D eigenvalue weighted by molar-refractivity contribution is -0.0174. The lowest BCUT2D eigenvalue weighted by Gasteiger charge is -2.30. The molecule has 1 aromatic rings. The molecule has 1 fully saturated rings. The highest BCUT2D eigenvalue weighted by atomic mass is 16.5.